The number of likely N-dealkylation sites (tertiary alicyclic amines) is 1. The predicted octanol–water partition coefficient (Wildman–Crippen LogP) is 2.30. The fourth-order valence-corrected chi connectivity index (χ4v) is 4.96. The number of nitrogens with one attached hydrogen (secondary N) is 2. The van der Waals surface area contributed by atoms with E-state index >= 15 is 0 Å². The maximum atomic E-state index is 13.2. The minimum Gasteiger partial charge on any atom is -0.489 e. The van der Waals surface area contributed by atoms with Crippen molar-refractivity contribution >= 4 is 17.7 Å². The summed E-state index contributed by atoms with van der Waals surface area (Å²) in [6.45, 7) is 3.66. The summed E-state index contributed by atoms with van der Waals surface area (Å²) in [5, 5.41) is 5.87. The van der Waals surface area contributed by atoms with E-state index in [-0.39, 0.29) is 17.7 Å². The molecule has 1 aromatic rings. The zero-order chi connectivity index (χ0) is 23.8. The number of hydrogen-bond acceptors (Lipinski definition) is 5. The molecule has 184 valence electrons. The molecule has 0 atom stereocenters. The van der Waals surface area contributed by atoms with Crippen LogP contribution < -0.4 is 15.4 Å². The average molecular weight is 470 g/mol. The SMILES string of the molecule is O=C1NCCNC(=O)C2(C/C=C/COc3ccccc31)CCN(C(=O)CC1CCOCC1)CC2. The van der Waals surface area contributed by atoms with Gasteiger partial charge in [-0.1, -0.05) is 24.3 Å². The number of carbonyl (C=O) groups excluding carboxylic acids is 3. The molecule has 2 N–H and O–H groups in total. The van der Waals surface area contributed by atoms with Gasteiger partial charge in [-0.05, 0) is 50.2 Å². The molecule has 2 fully saturated rings. The van der Waals surface area contributed by atoms with E-state index < -0.39 is 5.41 Å². The number of hydrogen-bond donors (Lipinski definition) is 2. The molecule has 3 aliphatic rings. The summed E-state index contributed by atoms with van der Waals surface area (Å²) >= 11 is 0. The van der Waals surface area contributed by atoms with Crippen molar-refractivity contribution in [2.75, 3.05) is 46.0 Å². The van der Waals surface area contributed by atoms with Gasteiger partial charge in [0.05, 0.1) is 11.0 Å². The molecule has 0 unspecified atom stereocenters. The lowest BCUT2D eigenvalue weighted by Crippen LogP contribution is -2.51. The van der Waals surface area contributed by atoms with Crippen LogP contribution in [-0.4, -0.2) is 68.6 Å². The van der Waals surface area contributed by atoms with E-state index in [1.165, 1.54) is 0 Å². The Hall–Kier alpha value is -2.87. The second kappa shape index (κ2) is 11.5. The van der Waals surface area contributed by atoms with E-state index in [4.69, 9.17) is 9.47 Å². The maximum absolute atomic E-state index is 13.2. The fraction of sp³-hybridized carbons (Fsp3) is 0.577. The summed E-state index contributed by atoms with van der Waals surface area (Å²) in [6.07, 6.45) is 8.20. The fourth-order valence-electron chi connectivity index (χ4n) is 4.96. The summed E-state index contributed by atoms with van der Waals surface area (Å²) in [5.41, 5.74) is -0.0774. The van der Waals surface area contributed by atoms with Crippen molar-refractivity contribution in [2.45, 2.75) is 38.5 Å². The summed E-state index contributed by atoms with van der Waals surface area (Å²) in [7, 11) is 0. The number of ether oxygens (including phenoxy) is 2. The van der Waals surface area contributed by atoms with E-state index in [0.717, 1.165) is 26.1 Å². The Kier molecular flexibility index (Phi) is 8.21. The van der Waals surface area contributed by atoms with Gasteiger partial charge in [-0.3, -0.25) is 14.4 Å². The molecule has 8 heteroatoms. The Morgan fingerprint density at radius 1 is 1.03 bits per heavy atom. The van der Waals surface area contributed by atoms with Crippen molar-refractivity contribution in [2.24, 2.45) is 11.3 Å². The number of benzene rings is 1. The third-order valence-electron chi connectivity index (χ3n) is 7.20. The number of nitrogens with zero attached hydrogens (tertiary/aromatic N) is 1. The van der Waals surface area contributed by atoms with Crippen LogP contribution >= 0.6 is 0 Å². The Labute approximate surface area is 201 Å². The lowest BCUT2D eigenvalue weighted by molar-refractivity contribution is -0.141. The third-order valence-corrected chi connectivity index (χ3v) is 7.20. The van der Waals surface area contributed by atoms with Crippen LogP contribution in [0.3, 0.4) is 0 Å². The molecule has 3 heterocycles. The second-order valence-corrected chi connectivity index (χ2v) is 9.42. The van der Waals surface area contributed by atoms with E-state index in [2.05, 4.69) is 10.6 Å². The van der Waals surface area contributed by atoms with Gasteiger partial charge in [0, 0.05) is 45.8 Å². The van der Waals surface area contributed by atoms with Gasteiger partial charge in [0.25, 0.3) is 5.91 Å². The number of fused-ring (bicyclic) bond motifs is 1. The molecule has 1 aromatic carbocycles. The molecule has 0 saturated carbocycles. The largest absolute Gasteiger partial charge is 0.489 e. The van der Waals surface area contributed by atoms with Gasteiger partial charge in [0.1, 0.15) is 12.4 Å². The van der Waals surface area contributed by atoms with Gasteiger partial charge in [-0.2, -0.15) is 0 Å². The molecule has 0 bridgehead atoms. The zero-order valence-corrected chi connectivity index (χ0v) is 19.7. The third kappa shape index (κ3) is 5.97. The quantitative estimate of drug-likeness (QED) is 0.648. The zero-order valence-electron chi connectivity index (χ0n) is 19.7. The highest BCUT2D eigenvalue weighted by molar-refractivity contribution is 5.97. The van der Waals surface area contributed by atoms with Crippen LogP contribution in [0.4, 0.5) is 0 Å². The highest BCUT2D eigenvalue weighted by Gasteiger charge is 2.41. The van der Waals surface area contributed by atoms with Gasteiger partial charge in [-0.25, -0.2) is 0 Å². The number of rotatable bonds is 2. The Balaban J connectivity index is 1.38. The van der Waals surface area contributed by atoms with Crippen molar-refractivity contribution in [1.82, 2.24) is 15.5 Å². The number of para-hydroxylation sites is 1. The Morgan fingerprint density at radius 2 is 1.76 bits per heavy atom. The molecule has 1 spiro atoms. The molecule has 3 amide bonds. The highest BCUT2D eigenvalue weighted by Crippen LogP contribution is 2.36. The molecule has 2 saturated heterocycles. The minimum absolute atomic E-state index is 0.0127. The van der Waals surface area contributed by atoms with Gasteiger partial charge in [-0.15, -0.1) is 0 Å². The van der Waals surface area contributed by atoms with Crippen LogP contribution in [-0.2, 0) is 14.3 Å². The summed E-state index contributed by atoms with van der Waals surface area (Å²) < 4.78 is 11.2. The lowest BCUT2D eigenvalue weighted by atomic mass is 9.74. The first-order valence-corrected chi connectivity index (χ1v) is 12.4. The first-order valence-electron chi connectivity index (χ1n) is 12.4. The minimum atomic E-state index is -0.558. The van der Waals surface area contributed by atoms with Crippen LogP contribution in [0.15, 0.2) is 36.4 Å². The van der Waals surface area contributed by atoms with Crippen molar-refractivity contribution in [3.05, 3.63) is 42.0 Å². The van der Waals surface area contributed by atoms with Crippen LogP contribution in [0.2, 0.25) is 0 Å². The normalized spacial score (nSPS) is 23.1. The van der Waals surface area contributed by atoms with Gasteiger partial charge in [0.15, 0.2) is 0 Å². The van der Waals surface area contributed by atoms with E-state index in [1.807, 2.05) is 23.1 Å². The van der Waals surface area contributed by atoms with Crippen molar-refractivity contribution < 1.29 is 23.9 Å². The molecule has 8 nitrogen and oxygen atoms in total. The maximum Gasteiger partial charge on any atom is 0.255 e. The molecule has 34 heavy (non-hydrogen) atoms. The summed E-state index contributed by atoms with van der Waals surface area (Å²) in [5.74, 6) is 0.890. The number of allylic oxidation sites excluding steroid dienone is 1. The van der Waals surface area contributed by atoms with E-state index in [0.29, 0.717) is 75.7 Å². The van der Waals surface area contributed by atoms with Crippen molar-refractivity contribution in [1.29, 1.82) is 0 Å². The molecule has 0 aliphatic carbocycles. The van der Waals surface area contributed by atoms with E-state index in [9.17, 15) is 14.4 Å². The van der Waals surface area contributed by atoms with Gasteiger partial charge >= 0.3 is 0 Å². The van der Waals surface area contributed by atoms with E-state index in [1.54, 1.807) is 18.2 Å². The summed E-state index contributed by atoms with van der Waals surface area (Å²) in [6, 6.07) is 7.15. The van der Waals surface area contributed by atoms with Gasteiger partial charge in [0.2, 0.25) is 11.8 Å². The molecule has 3 aliphatic heterocycles. The van der Waals surface area contributed by atoms with Crippen LogP contribution in [0.1, 0.15) is 48.9 Å². The number of amides is 3. The lowest BCUT2D eigenvalue weighted by Gasteiger charge is -2.40. The molecule has 4 rings (SSSR count). The topological polar surface area (TPSA) is 97.0 Å². The van der Waals surface area contributed by atoms with Crippen LogP contribution in [0, 0.1) is 11.3 Å². The van der Waals surface area contributed by atoms with Crippen LogP contribution in [0.25, 0.3) is 0 Å². The number of carbonyl (C=O) groups is 3. The molecule has 0 aromatic heterocycles. The van der Waals surface area contributed by atoms with Gasteiger partial charge < -0.3 is 25.0 Å². The predicted molar refractivity (Wildman–Crippen MR) is 127 cm³/mol. The Bertz CT molecular complexity index is 901. The first kappa shape index (κ1) is 24.3. The average Bonchev–Trinajstić information content (AvgIpc) is 2.87. The monoisotopic (exact) mass is 469 g/mol. The molecule has 0 radical (unpaired) electrons. The molecular weight excluding hydrogens is 434 g/mol. The molecular formula is C26H35N3O5. The first-order chi connectivity index (χ1) is 16.6. The standard InChI is InChI=1S/C26H35N3O5/c30-23(19-20-7-17-33-18-8-20)29-14-10-26(11-15-29)9-3-4-16-34-22-6-2-1-5-21(22)24(31)27-12-13-28-25(26)32/h1-6,20H,7-19H2,(H,27,31)(H,28,32)/b4-3+. The van der Waals surface area contributed by atoms with Crippen LogP contribution in [0.5, 0.6) is 5.75 Å². The smallest absolute Gasteiger partial charge is 0.255 e. The highest BCUT2D eigenvalue weighted by atomic mass is 16.5. The Morgan fingerprint density at radius 3 is 2.56 bits per heavy atom. The van der Waals surface area contributed by atoms with Crippen molar-refractivity contribution in [3.8, 4) is 5.75 Å². The second-order valence-electron chi connectivity index (χ2n) is 9.42. The summed E-state index contributed by atoms with van der Waals surface area (Å²) in [4.78, 5) is 40.5. The van der Waals surface area contributed by atoms with Crippen molar-refractivity contribution in [3.63, 3.8) is 0 Å². The number of piperidine rings is 1.